The molecular weight excluding hydrogens is 171 g/mol. The summed E-state index contributed by atoms with van der Waals surface area (Å²) in [6.45, 7) is 0.356. The van der Waals surface area contributed by atoms with Gasteiger partial charge in [-0.2, -0.15) is 8.78 Å². The number of Topliss-reactive ketones (excluding diaryl/α,β-unsaturated/α-hetero) is 1. The van der Waals surface area contributed by atoms with Crippen molar-refractivity contribution in [1.82, 2.24) is 0 Å². The molecule has 0 aromatic rings. The third-order valence-corrected chi connectivity index (χ3v) is 1.04. The molecule has 0 rings (SSSR count). The molecule has 0 heterocycles. The van der Waals surface area contributed by atoms with Gasteiger partial charge in [-0.15, -0.1) is 0 Å². The quantitative estimate of drug-likeness (QED) is 0.599. The minimum atomic E-state index is -4.58. The summed E-state index contributed by atoms with van der Waals surface area (Å²) in [7, 11) is 0. The Bertz CT molecular complexity index is 155. The Labute approximate surface area is 59.2 Å². The summed E-state index contributed by atoms with van der Waals surface area (Å²) in [5, 5.41) is 0. The minimum Gasteiger partial charge on any atom is -0.293 e. The summed E-state index contributed by atoms with van der Waals surface area (Å²) >= 11 is 0. The van der Waals surface area contributed by atoms with Gasteiger partial charge < -0.3 is 0 Å². The second kappa shape index (κ2) is 3.15. The van der Waals surface area contributed by atoms with E-state index in [1.807, 2.05) is 0 Å². The highest BCUT2D eigenvalue weighted by atomic mass is 19.3. The van der Waals surface area contributed by atoms with Gasteiger partial charge in [-0.05, 0) is 0 Å². The van der Waals surface area contributed by atoms with E-state index in [9.17, 15) is 26.7 Å². The van der Waals surface area contributed by atoms with Crippen molar-refractivity contribution in [2.45, 2.75) is 25.4 Å². The Hall–Kier alpha value is -0.680. The van der Waals surface area contributed by atoms with Crippen LogP contribution in [-0.2, 0) is 4.79 Å². The molecule has 0 spiro atoms. The number of rotatable bonds is 3. The number of carbonyl (C=O) groups excluding carboxylic acids is 1. The van der Waals surface area contributed by atoms with E-state index in [0.717, 1.165) is 0 Å². The van der Waals surface area contributed by atoms with E-state index in [0.29, 0.717) is 6.92 Å². The third kappa shape index (κ3) is 2.13. The molecular formula is C5H5F5O. The van der Waals surface area contributed by atoms with Crippen LogP contribution in [0.1, 0.15) is 6.92 Å². The topological polar surface area (TPSA) is 17.1 Å². The fourth-order valence-corrected chi connectivity index (χ4v) is 0.352. The number of hydrogen-bond acceptors (Lipinski definition) is 1. The van der Waals surface area contributed by atoms with Crippen molar-refractivity contribution in [2.75, 3.05) is 0 Å². The van der Waals surface area contributed by atoms with E-state index in [4.69, 9.17) is 0 Å². The first-order chi connectivity index (χ1) is 4.80. The maximum absolute atomic E-state index is 12.0. The van der Waals surface area contributed by atoms with E-state index in [-0.39, 0.29) is 0 Å². The average molecular weight is 176 g/mol. The Morgan fingerprint density at radius 3 is 1.73 bits per heavy atom. The molecule has 0 aromatic heterocycles. The van der Waals surface area contributed by atoms with Crippen molar-refractivity contribution in [3.05, 3.63) is 0 Å². The van der Waals surface area contributed by atoms with E-state index in [1.54, 1.807) is 0 Å². The second-order valence-corrected chi connectivity index (χ2v) is 1.92. The summed E-state index contributed by atoms with van der Waals surface area (Å²) in [6, 6.07) is 0. The molecule has 0 amide bonds. The number of hydrogen-bond donors (Lipinski definition) is 0. The summed E-state index contributed by atoms with van der Waals surface area (Å²) in [5.74, 6) is -6.47. The van der Waals surface area contributed by atoms with Gasteiger partial charge in [0.15, 0.2) is 0 Å². The Morgan fingerprint density at radius 2 is 1.64 bits per heavy atom. The molecule has 11 heavy (non-hydrogen) atoms. The predicted octanol–water partition coefficient (Wildman–Crippen LogP) is 1.81. The van der Waals surface area contributed by atoms with Crippen LogP contribution in [0.4, 0.5) is 22.0 Å². The monoisotopic (exact) mass is 176 g/mol. The lowest BCUT2D eigenvalue weighted by atomic mass is 10.1. The van der Waals surface area contributed by atoms with Crippen LogP contribution >= 0.6 is 0 Å². The zero-order valence-corrected chi connectivity index (χ0v) is 5.45. The number of alkyl halides is 5. The molecule has 0 N–H and O–H groups in total. The van der Waals surface area contributed by atoms with Crippen molar-refractivity contribution in [3.63, 3.8) is 0 Å². The molecule has 0 fully saturated rings. The fraction of sp³-hybridized carbons (Fsp3) is 0.800. The van der Waals surface area contributed by atoms with Gasteiger partial charge in [0.1, 0.15) is 0 Å². The normalized spacial score (nSPS) is 15.2. The summed E-state index contributed by atoms with van der Waals surface area (Å²) in [6.07, 6.45) is -7.55. The number of halogens is 5. The molecule has 0 saturated heterocycles. The molecule has 0 aromatic carbocycles. The van der Waals surface area contributed by atoms with Crippen LogP contribution in [0.2, 0.25) is 0 Å². The van der Waals surface area contributed by atoms with Crippen LogP contribution < -0.4 is 0 Å². The summed E-state index contributed by atoms with van der Waals surface area (Å²) < 4.78 is 58.4. The van der Waals surface area contributed by atoms with Crippen LogP contribution in [0.15, 0.2) is 0 Å². The van der Waals surface area contributed by atoms with Crippen molar-refractivity contribution < 1.29 is 26.7 Å². The zero-order valence-electron chi connectivity index (χ0n) is 5.45. The first-order valence-corrected chi connectivity index (χ1v) is 2.61. The maximum Gasteiger partial charge on any atom is 0.341 e. The molecule has 1 atom stereocenters. The molecule has 0 saturated carbocycles. The standard InChI is InChI=1S/C5H5F5O/c1-2(11)5(9,10)3(6)4(7)8/h3-4H,1H3. The maximum atomic E-state index is 12.0. The molecule has 0 aliphatic rings. The third-order valence-electron chi connectivity index (χ3n) is 1.04. The van der Waals surface area contributed by atoms with Crippen LogP contribution in [0.25, 0.3) is 0 Å². The fourth-order valence-electron chi connectivity index (χ4n) is 0.352. The Balaban J connectivity index is 4.42. The van der Waals surface area contributed by atoms with Gasteiger partial charge in [0.05, 0.1) is 0 Å². The molecule has 66 valence electrons. The molecule has 6 heteroatoms. The highest BCUT2D eigenvalue weighted by Gasteiger charge is 2.50. The van der Waals surface area contributed by atoms with E-state index >= 15 is 0 Å². The van der Waals surface area contributed by atoms with E-state index in [2.05, 4.69) is 0 Å². The van der Waals surface area contributed by atoms with E-state index in [1.165, 1.54) is 0 Å². The lowest BCUT2D eigenvalue weighted by molar-refractivity contribution is -0.163. The highest BCUT2D eigenvalue weighted by Crippen LogP contribution is 2.26. The van der Waals surface area contributed by atoms with Gasteiger partial charge in [-0.25, -0.2) is 13.2 Å². The SMILES string of the molecule is CC(=O)C(F)(F)C(F)C(F)F. The van der Waals surface area contributed by atoms with Crippen molar-refractivity contribution in [3.8, 4) is 0 Å². The molecule has 0 aliphatic carbocycles. The van der Waals surface area contributed by atoms with Crippen molar-refractivity contribution >= 4 is 5.78 Å². The largest absolute Gasteiger partial charge is 0.341 e. The van der Waals surface area contributed by atoms with E-state index < -0.39 is 24.3 Å². The van der Waals surface area contributed by atoms with Crippen LogP contribution in [-0.4, -0.2) is 24.3 Å². The lowest BCUT2D eigenvalue weighted by Crippen LogP contribution is -2.41. The molecule has 0 aliphatic heterocycles. The van der Waals surface area contributed by atoms with Gasteiger partial charge in [-0.3, -0.25) is 4.79 Å². The van der Waals surface area contributed by atoms with Crippen LogP contribution in [0, 0.1) is 0 Å². The molecule has 0 radical (unpaired) electrons. The van der Waals surface area contributed by atoms with Crippen molar-refractivity contribution in [1.29, 1.82) is 0 Å². The first kappa shape index (κ1) is 10.3. The van der Waals surface area contributed by atoms with Crippen LogP contribution in [0.3, 0.4) is 0 Å². The van der Waals surface area contributed by atoms with Gasteiger partial charge in [-0.1, -0.05) is 0 Å². The number of ketones is 1. The lowest BCUT2D eigenvalue weighted by Gasteiger charge is -2.16. The first-order valence-electron chi connectivity index (χ1n) is 2.61. The Morgan fingerprint density at radius 1 is 1.27 bits per heavy atom. The van der Waals surface area contributed by atoms with Gasteiger partial charge >= 0.3 is 5.92 Å². The smallest absolute Gasteiger partial charge is 0.293 e. The van der Waals surface area contributed by atoms with Gasteiger partial charge in [0.2, 0.25) is 12.0 Å². The summed E-state index contributed by atoms with van der Waals surface area (Å²) in [4.78, 5) is 9.89. The predicted molar refractivity (Wildman–Crippen MR) is 26.5 cm³/mol. The van der Waals surface area contributed by atoms with Gasteiger partial charge in [0.25, 0.3) is 6.43 Å². The van der Waals surface area contributed by atoms with Crippen molar-refractivity contribution in [2.24, 2.45) is 0 Å². The Kier molecular flexibility index (Phi) is 2.95. The number of carbonyl (C=O) groups is 1. The molecule has 0 bridgehead atoms. The molecule has 1 nitrogen and oxygen atoms in total. The summed E-state index contributed by atoms with van der Waals surface area (Å²) in [5.41, 5.74) is 0. The highest BCUT2D eigenvalue weighted by molar-refractivity contribution is 5.83. The average Bonchev–Trinajstić information content (AvgIpc) is 1.85. The molecule has 1 unspecified atom stereocenters. The minimum absolute atomic E-state index is 0.356. The van der Waals surface area contributed by atoms with Gasteiger partial charge in [0, 0.05) is 6.92 Å². The zero-order chi connectivity index (χ0) is 9.23. The second-order valence-electron chi connectivity index (χ2n) is 1.92. The van der Waals surface area contributed by atoms with Crippen LogP contribution in [0.5, 0.6) is 0 Å².